The summed E-state index contributed by atoms with van der Waals surface area (Å²) in [5.41, 5.74) is 3.96. The highest BCUT2D eigenvalue weighted by Crippen LogP contribution is 2.40. The number of allylic oxidation sites excluding steroid dienone is 3. The van der Waals surface area contributed by atoms with Crippen LogP contribution in [-0.2, 0) is 9.53 Å². The lowest BCUT2D eigenvalue weighted by molar-refractivity contribution is -0.137. The molecule has 2 aromatic carbocycles. The van der Waals surface area contributed by atoms with Crippen molar-refractivity contribution >= 4 is 11.7 Å². The number of methoxy groups -OCH3 is 1. The summed E-state index contributed by atoms with van der Waals surface area (Å²) in [6.45, 7) is 0. The summed E-state index contributed by atoms with van der Waals surface area (Å²) >= 11 is 0. The normalized spacial score (nSPS) is 19.0. The molecule has 4 nitrogen and oxygen atoms in total. The van der Waals surface area contributed by atoms with E-state index in [4.69, 9.17) is 9.47 Å². The SMILES string of the molecule is COC(=O)C1=CC2=C(CCC2)N(c2ccccc2)C1Oc1ccccc1. The molecule has 0 amide bonds. The van der Waals surface area contributed by atoms with Crippen LogP contribution in [0.5, 0.6) is 5.75 Å². The van der Waals surface area contributed by atoms with E-state index in [1.165, 1.54) is 18.4 Å². The van der Waals surface area contributed by atoms with Gasteiger partial charge >= 0.3 is 5.97 Å². The van der Waals surface area contributed by atoms with Crippen molar-refractivity contribution < 1.29 is 14.3 Å². The second kappa shape index (κ2) is 7.08. The van der Waals surface area contributed by atoms with Gasteiger partial charge in [0, 0.05) is 11.4 Å². The van der Waals surface area contributed by atoms with Crippen LogP contribution in [0.25, 0.3) is 0 Å². The molecule has 0 aromatic heterocycles. The fourth-order valence-electron chi connectivity index (χ4n) is 3.62. The van der Waals surface area contributed by atoms with Crippen LogP contribution in [0.2, 0.25) is 0 Å². The third-order valence-corrected chi connectivity index (χ3v) is 4.80. The molecule has 1 aliphatic carbocycles. The fourth-order valence-corrected chi connectivity index (χ4v) is 3.62. The first kappa shape index (κ1) is 16.5. The molecule has 4 heteroatoms. The van der Waals surface area contributed by atoms with Crippen LogP contribution in [-0.4, -0.2) is 19.3 Å². The second-order valence-electron chi connectivity index (χ2n) is 6.41. The quantitative estimate of drug-likeness (QED) is 0.766. The van der Waals surface area contributed by atoms with E-state index in [-0.39, 0.29) is 5.97 Å². The van der Waals surface area contributed by atoms with Gasteiger partial charge in [0.15, 0.2) is 0 Å². The molecular weight excluding hydrogens is 326 g/mol. The van der Waals surface area contributed by atoms with E-state index >= 15 is 0 Å². The average Bonchev–Trinajstić information content (AvgIpc) is 3.16. The predicted molar refractivity (Wildman–Crippen MR) is 101 cm³/mol. The summed E-state index contributed by atoms with van der Waals surface area (Å²) < 4.78 is 11.3. The Morgan fingerprint density at radius 2 is 1.69 bits per heavy atom. The monoisotopic (exact) mass is 347 g/mol. The van der Waals surface area contributed by atoms with Crippen molar-refractivity contribution in [1.29, 1.82) is 0 Å². The average molecular weight is 347 g/mol. The van der Waals surface area contributed by atoms with Gasteiger partial charge in [-0.3, -0.25) is 0 Å². The molecule has 0 saturated heterocycles. The first-order valence-corrected chi connectivity index (χ1v) is 8.86. The van der Waals surface area contributed by atoms with Crippen molar-refractivity contribution in [2.24, 2.45) is 0 Å². The summed E-state index contributed by atoms with van der Waals surface area (Å²) in [6, 6.07) is 19.7. The number of carbonyl (C=O) groups excluding carboxylic acids is 1. The highest BCUT2D eigenvalue weighted by Gasteiger charge is 2.38. The minimum Gasteiger partial charge on any atom is -0.466 e. The number of ether oxygens (including phenoxy) is 2. The lowest BCUT2D eigenvalue weighted by Crippen LogP contribution is -2.44. The van der Waals surface area contributed by atoms with Crippen molar-refractivity contribution in [1.82, 2.24) is 0 Å². The van der Waals surface area contributed by atoms with Crippen LogP contribution >= 0.6 is 0 Å². The highest BCUT2D eigenvalue weighted by molar-refractivity contribution is 5.92. The van der Waals surface area contributed by atoms with Crippen LogP contribution in [0.4, 0.5) is 5.69 Å². The molecule has 0 N–H and O–H groups in total. The van der Waals surface area contributed by atoms with E-state index in [1.54, 1.807) is 0 Å². The first-order valence-electron chi connectivity index (χ1n) is 8.86. The largest absolute Gasteiger partial charge is 0.466 e. The molecule has 4 rings (SSSR count). The standard InChI is InChI=1S/C22H21NO3/c1-25-22(24)19-15-16-9-8-14-20(16)23(17-10-4-2-5-11-17)21(19)26-18-12-6-3-7-13-18/h2-7,10-13,15,21H,8-9,14H2,1H3. The molecule has 1 atom stereocenters. The predicted octanol–water partition coefficient (Wildman–Crippen LogP) is 4.45. The van der Waals surface area contributed by atoms with E-state index in [9.17, 15) is 4.79 Å². The van der Waals surface area contributed by atoms with Gasteiger partial charge in [-0.2, -0.15) is 0 Å². The lowest BCUT2D eigenvalue weighted by atomic mass is 10.0. The zero-order chi connectivity index (χ0) is 17.9. The second-order valence-corrected chi connectivity index (χ2v) is 6.41. The number of carbonyl (C=O) groups is 1. The third-order valence-electron chi connectivity index (χ3n) is 4.80. The van der Waals surface area contributed by atoms with Gasteiger partial charge in [-0.1, -0.05) is 36.4 Å². The fraction of sp³-hybridized carbons (Fsp3) is 0.227. The Morgan fingerprint density at radius 1 is 1.00 bits per heavy atom. The van der Waals surface area contributed by atoms with E-state index in [2.05, 4.69) is 4.90 Å². The Hall–Kier alpha value is -3.01. The Kier molecular flexibility index (Phi) is 4.48. The minimum absolute atomic E-state index is 0.356. The zero-order valence-corrected chi connectivity index (χ0v) is 14.7. The molecule has 0 bridgehead atoms. The van der Waals surface area contributed by atoms with Gasteiger partial charge in [0.1, 0.15) is 5.75 Å². The Balaban J connectivity index is 1.81. The van der Waals surface area contributed by atoms with E-state index in [0.717, 1.165) is 30.7 Å². The van der Waals surface area contributed by atoms with Gasteiger partial charge in [0.2, 0.25) is 6.23 Å². The molecule has 2 aromatic rings. The minimum atomic E-state index is -0.552. The van der Waals surface area contributed by atoms with Crippen LogP contribution in [0, 0.1) is 0 Å². The van der Waals surface area contributed by atoms with Gasteiger partial charge in [-0.25, -0.2) is 4.79 Å². The smallest absolute Gasteiger partial charge is 0.339 e. The molecule has 132 valence electrons. The van der Waals surface area contributed by atoms with Gasteiger partial charge in [-0.05, 0) is 55.2 Å². The molecule has 26 heavy (non-hydrogen) atoms. The van der Waals surface area contributed by atoms with Gasteiger partial charge in [0.25, 0.3) is 0 Å². The lowest BCUT2D eigenvalue weighted by Gasteiger charge is -2.38. The van der Waals surface area contributed by atoms with Crippen molar-refractivity contribution in [3.05, 3.63) is 83.6 Å². The third kappa shape index (κ3) is 2.99. The molecule has 1 unspecified atom stereocenters. The number of esters is 1. The summed E-state index contributed by atoms with van der Waals surface area (Å²) in [7, 11) is 1.41. The number of benzene rings is 2. The van der Waals surface area contributed by atoms with Crippen LogP contribution in [0.3, 0.4) is 0 Å². The van der Waals surface area contributed by atoms with E-state index in [1.807, 2.05) is 66.7 Å². The topological polar surface area (TPSA) is 38.8 Å². The summed E-state index contributed by atoms with van der Waals surface area (Å²) in [5, 5.41) is 0. The summed E-state index contributed by atoms with van der Waals surface area (Å²) in [5.74, 6) is 0.362. The molecule has 0 saturated carbocycles. The Labute approximate surface area is 153 Å². The number of anilines is 1. The van der Waals surface area contributed by atoms with E-state index in [0.29, 0.717) is 5.57 Å². The van der Waals surface area contributed by atoms with Crippen molar-refractivity contribution in [2.45, 2.75) is 25.5 Å². The molecule has 1 aliphatic heterocycles. The molecular formula is C22H21NO3. The van der Waals surface area contributed by atoms with Crippen LogP contribution in [0.1, 0.15) is 19.3 Å². The number of para-hydroxylation sites is 2. The van der Waals surface area contributed by atoms with Crippen LogP contribution < -0.4 is 9.64 Å². The molecule has 0 radical (unpaired) electrons. The summed E-state index contributed by atoms with van der Waals surface area (Å²) in [6.07, 6.45) is 4.43. The van der Waals surface area contributed by atoms with Gasteiger partial charge in [-0.15, -0.1) is 0 Å². The van der Waals surface area contributed by atoms with Crippen molar-refractivity contribution in [3.63, 3.8) is 0 Å². The first-order chi connectivity index (χ1) is 12.8. The number of nitrogens with zero attached hydrogens (tertiary/aromatic N) is 1. The number of hydrogen-bond acceptors (Lipinski definition) is 4. The maximum Gasteiger partial charge on any atom is 0.339 e. The molecule has 0 spiro atoms. The zero-order valence-electron chi connectivity index (χ0n) is 14.7. The summed E-state index contributed by atoms with van der Waals surface area (Å²) in [4.78, 5) is 14.7. The Morgan fingerprint density at radius 3 is 2.38 bits per heavy atom. The molecule has 2 aliphatic rings. The van der Waals surface area contributed by atoms with E-state index < -0.39 is 6.23 Å². The maximum atomic E-state index is 12.5. The molecule has 0 fully saturated rings. The van der Waals surface area contributed by atoms with Gasteiger partial charge in [0.05, 0.1) is 12.7 Å². The highest BCUT2D eigenvalue weighted by atomic mass is 16.5. The Bertz CT molecular complexity index is 855. The van der Waals surface area contributed by atoms with Crippen LogP contribution in [0.15, 0.2) is 83.6 Å². The van der Waals surface area contributed by atoms with Crippen molar-refractivity contribution in [2.75, 3.05) is 12.0 Å². The number of hydrogen-bond donors (Lipinski definition) is 0. The van der Waals surface area contributed by atoms with Gasteiger partial charge < -0.3 is 14.4 Å². The van der Waals surface area contributed by atoms with Crippen molar-refractivity contribution in [3.8, 4) is 5.75 Å². The molecule has 1 heterocycles. The maximum absolute atomic E-state index is 12.5. The number of rotatable bonds is 4.